The number of esters is 1. The van der Waals surface area contributed by atoms with Gasteiger partial charge in [-0.15, -0.1) is 0 Å². The van der Waals surface area contributed by atoms with Crippen LogP contribution in [0.2, 0.25) is 5.02 Å². The zero-order chi connectivity index (χ0) is 11.3. The molecule has 0 atom stereocenters. The molecule has 0 bridgehead atoms. The molecule has 15 heavy (non-hydrogen) atoms. The Bertz CT molecular complexity index is 371. The molecule has 0 heterocycles. The number of halogens is 1. The van der Waals surface area contributed by atoms with Gasteiger partial charge in [-0.25, -0.2) is 4.79 Å². The van der Waals surface area contributed by atoms with Crippen LogP contribution in [0.1, 0.15) is 12.5 Å². The highest BCUT2D eigenvalue weighted by Gasteiger charge is 2.01. The summed E-state index contributed by atoms with van der Waals surface area (Å²) in [6.07, 6.45) is 1.26. The molecule has 0 fully saturated rings. The van der Waals surface area contributed by atoms with E-state index < -0.39 is 5.97 Å². The van der Waals surface area contributed by atoms with Crippen LogP contribution in [0.5, 0.6) is 0 Å². The summed E-state index contributed by atoms with van der Waals surface area (Å²) in [6.45, 7) is 2.08. The van der Waals surface area contributed by atoms with Crippen molar-refractivity contribution >= 4 is 23.3 Å². The Morgan fingerprint density at radius 2 is 2.07 bits per heavy atom. The first-order chi connectivity index (χ1) is 7.13. The van der Waals surface area contributed by atoms with Gasteiger partial charge in [0.1, 0.15) is 0 Å². The molecular weight excluding hydrogens is 214 g/mol. The average molecular weight is 226 g/mol. The van der Waals surface area contributed by atoms with Gasteiger partial charge in [-0.1, -0.05) is 23.7 Å². The number of nitrogens with two attached hydrogens (primary N) is 1. The van der Waals surface area contributed by atoms with Crippen LogP contribution in [-0.4, -0.2) is 12.6 Å². The third-order valence-corrected chi connectivity index (χ3v) is 1.99. The minimum atomic E-state index is -0.440. The Hall–Kier alpha value is -1.48. The lowest BCUT2D eigenvalue weighted by Gasteiger charge is -2.01. The van der Waals surface area contributed by atoms with Gasteiger partial charge in [0.15, 0.2) is 0 Å². The van der Waals surface area contributed by atoms with E-state index >= 15 is 0 Å². The lowest BCUT2D eigenvalue weighted by Crippen LogP contribution is -2.04. The molecule has 2 N–H and O–H groups in total. The topological polar surface area (TPSA) is 52.3 Å². The van der Waals surface area contributed by atoms with Crippen LogP contribution >= 0.6 is 11.6 Å². The fourth-order valence-electron chi connectivity index (χ4n) is 1.04. The van der Waals surface area contributed by atoms with Gasteiger partial charge >= 0.3 is 5.97 Å². The molecule has 0 unspecified atom stereocenters. The van der Waals surface area contributed by atoms with E-state index in [1.807, 2.05) is 0 Å². The summed E-state index contributed by atoms with van der Waals surface area (Å²) in [4.78, 5) is 11.1. The van der Waals surface area contributed by atoms with Crippen molar-refractivity contribution < 1.29 is 9.53 Å². The van der Waals surface area contributed by atoms with E-state index in [0.29, 0.717) is 17.3 Å². The lowest BCUT2D eigenvalue weighted by atomic mass is 10.1. The molecule has 0 aliphatic carbocycles. The fourth-order valence-corrected chi connectivity index (χ4v) is 1.16. The molecule has 1 rings (SSSR count). The molecule has 0 saturated heterocycles. The monoisotopic (exact) mass is 225 g/mol. The SMILES string of the molecule is CCOC(=O)/C=C(\N)c1ccc(Cl)cc1. The van der Waals surface area contributed by atoms with Crippen molar-refractivity contribution in [2.24, 2.45) is 5.73 Å². The molecule has 0 amide bonds. The molecule has 0 aliphatic rings. The van der Waals surface area contributed by atoms with Crippen LogP contribution in [0.3, 0.4) is 0 Å². The summed E-state index contributed by atoms with van der Waals surface area (Å²) in [5, 5.41) is 0.627. The minimum Gasteiger partial charge on any atom is -0.463 e. The molecule has 0 spiro atoms. The molecule has 0 radical (unpaired) electrons. The molecule has 0 aromatic heterocycles. The van der Waals surface area contributed by atoms with E-state index in [0.717, 1.165) is 5.56 Å². The van der Waals surface area contributed by atoms with Gasteiger partial charge in [0.25, 0.3) is 0 Å². The summed E-state index contributed by atoms with van der Waals surface area (Å²) in [5.41, 5.74) is 6.80. The van der Waals surface area contributed by atoms with Crippen molar-refractivity contribution in [1.82, 2.24) is 0 Å². The van der Waals surface area contributed by atoms with Gasteiger partial charge in [-0.2, -0.15) is 0 Å². The summed E-state index contributed by atoms with van der Waals surface area (Å²) in [7, 11) is 0. The zero-order valence-electron chi connectivity index (χ0n) is 8.37. The number of carbonyl (C=O) groups is 1. The van der Waals surface area contributed by atoms with E-state index in [1.54, 1.807) is 31.2 Å². The van der Waals surface area contributed by atoms with Crippen LogP contribution in [0.15, 0.2) is 30.3 Å². The van der Waals surface area contributed by atoms with E-state index in [2.05, 4.69) is 0 Å². The Balaban J connectivity index is 2.79. The van der Waals surface area contributed by atoms with Crippen LogP contribution in [-0.2, 0) is 9.53 Å². The van der Waals surface area contributed by atoms with Gasteiger partial charge in [-0.3, -0.25) is 0 Å². The standard InChI is InChI=1S/C11H12ClNO2/c1-2-15-11(14)7-10(13)8-3-5-9(12)6-4-8/h3-7H,2,13H2,1H3/b10-7-. The smallest absolute Gasteiger partial charge is 0.332 e. The molecule has 0 saturated carbocycles. The Morgan fingerprint density at radius 1 is 1.47 bits per heavy atom. The van der Waals surface area contributed by atoms with Crippen molar-refractivity contribution in [3.63, 3.8) is 0 Å². The van der Waals surface area contributed by atoms with Crippen molar-refractivity contribution in [3.8, 4) is 0 Å². The fraction of sp³-hybridized carbons (Fsp3) is 0.182. The number of hydrogen-bond donors (Lipinski definition) is 1. The predicted octanol–water partition coefficient (Wildman–Crippen LogP) is 2.20. The van der Waals surface area contributed by atoms with Crippen LogP contribution in [0.4, 0.5) is 0 Å². The first kappa shape index (κ1) is 11.6. The second-order valence-electron chi connectivity index (χ2n) is 2.86. The van der Waals surface area contributed by atoms with Crippen molar-refractivity contribution in [2.75, 3.05) is 6.61 Å². The first-order valence-corrected chi connectivity index (χ1v) is 4.91. The van der Waals surface area contributed by atoms with Gasteiger partial charge in [-0.05, 0) is 24.6 Å². The average Bonchev–Trinajstić information content (AvgIpc) is 2.18. The third-order valence-electron chi connectivity index (χ3n) is 1.74. The zero-order valence-corrected chi connectivity index (χ0v) is 9.12. The maximum absolute atomic E-state index is 11.1. The van der Waals surface area contributed by atoms with Crippen LogP contribution in [0, 0.1) is 0 Å². The predicted molar refractivity (Wildman–Crippen MR) is 60.2 cm³/mol. The maximum atomic E-state index is 11.1. The second-order valence-corrected chi connectivity index (χ2v) is 3.30. The number of hydrogen-bond acceptors (Lipinski definition) is 3. The van der Waals surface area contributed by atoms with Crippen molar-refractivity contribution in [3.05, 3.63) is 40.9 Å². The van der Waals surface area contributed by atoms with E-state index in [-0.39, 0.29) is 0 Å². The molecular formula is C11H12ClNO2. The highest BCUT2D eigenvalue weighted by atomic mass is 35.5. The number of benzene rings is 1. The minimum absolute atomic E-state index is 0.337. The van der Waals surface area contributed by atoms with E-state index in [4.69, 9.17) is 22.1 Å². The maximum Gasteiger partial charge on any atom is 0.332 e. The quantitative estimate of drug-likeness (QED) is 0.634. The molecule has 4 heteroatoms. The summed E-state index contributed by atoms with van der Waals surface area (Å²) in [5.74, 6) is -0.440. The van der Waals surface area contributed by atoms with Gasteiger partial charge in [0.05, 0.1) is 6.61 Å². The molecule has 3 nitrogen and oxygen atoms in total. The van der Waals surface area contributed by atoms with Crippen molar-refractivity contribution in [1.29, 1.82) is 0 Å². The largest absolute Gasteiger partial charge is 0.463 e. The van der Waals surface area contributed by atoms with E-state index in [9.17, 15) is 4.79 Å². The Morgan fingerprint density at radius 3 is 2.60 bits per heavy atom. The van der Waals surface area contributed by atoms with Gasteiger partial charge < -0.3 is 10.5 Å². The Kier molecular flexibility index (Phi) is 4.18. The number of carbonyl (C=O) groups excluding carboxylic acids is 1. The number of rotatable bonds is 3. The van der Waals surface area contributed by atoms with Gasteiger partial charge in [0.2, 0.25) is 0 Å². The van der Waals surface area contributed by atoms with Gasteiger partial charge in [0, 0.05) is 16.8 Å². The van der Waals surface area contributed by atoms with E-state index in [1.165, 1.54) is 6.08 Å². The number of ether oxygens (including phenoxy) is 1. The highest BCUT2D eigenvalue weighted by Crippen LogP contribution is 2.13. The molecule has 80 valence electrons. The van der Waals surface area contributed by atoms with Crippen LogP contribution in [0.25, 0.3) is 5.70 Å². The third kappa shape index (κ3) is 3.64. The molecule has 1 aromatic rings. The Labute approximate surface area is 93.5 Å². The normalized spacial score (nSPS) is 11.2. The molecule has 1 aromatic carbocycles. The second kappa shape index (κ2) is 5.41. The lowest BCUT2D eigenvalue weighted by molar-refractivity contribution is -0.137. The first-order valence-electron chi connectivity index (χ1n) is 4.53. The summed E-state index contributed by atoms with van der Waals surface area (Å²) >= 11 is 5.72. The van der Waals surface area contributed by atoms with Crippen LogP contribution < -0.4 is 5.73 Å². The summed E-state index contributed by atoms with van der Waals surface area (Å²) < 4.78 is 4.74. The molecule has 0 aliphatic heterocycles. The highest BCUT2D eigenvalue weighted by molar-refractivity contribution is 6.30. The summed E-state index contributed by atoms with van der Waals surface area (Å²) in [6, 6.07) is 6.91. The van der Waals surface area contributed by atoms with Crippen molar-refractivity contribution in [2.45, 2.75) is 6.92 Å².